The van der Waals surface area contributed by atoms with Gasteiger partial charge in [-0.3, -0.25) is 4.79 Å². The van der Waals surface area contributed by atoms with E-state index in [0.717, 1.165) is 0 Å². The van der Waals surface area contributed by atoms with Crippen molar-refractivity contribution in [3.05, 3.63) is 17.3 Å². The Kier molecular flexibility index (Phi) is 2.50. The maximum absolute atomic E-state index is 10.5. The van der Waals surface area contributed by atoms with Gasteiger partial charge >= 0.3 is 5.97 Å². The molecule has 0 spiro atoms. The molecule has 0 fully saturated rings. The van der Waals surface area contributed by atoms with Gasteiger partial charge in [-0.1, -0.05) is 11.6 Å². The fourth-order valence-corrected chi connectivity index (χ4v) is 0.832. The monoisotopic (exact) mass is 186 g/mol. The Morgan fingerprint density at radius 1 is 1.67 bits per heavy atom. The van der Waals surface area contributed by atoms with E-state index in [0.29, 0.717) is 0 Å². The van der Waals surface area contributed by atoms with Crippen molar-refractivity contribution >= 4 is 23.4 Å². The third-order valence-corrected chi connectivity index (χ3v) is 1.32. The van der Waals surface area contributed by atoms with Gasteiger partial charge in [0, 0.05) is 6.92 Å². The van der Waals surface area contributed by atoms with Crippen molar-refractivity contribution in [1.29, 1.82) is 0 Å². The van der Waals surface area contributed by atoms with Gasteiger partial charge in [-0.15, -0.1) is 0 Å². The summed E-state index contributed by atoms with van der Waals surface area (Å²) in [4.78, 5) is 14.2. The van der Waals surface area contributed by atoms with Gasteiger partial charge in [-0.05, 0) is 12.1 Å². The van der Waals surface area contributed by atoms with Gasteiger partial charge in [0.2, 0.25) is 0 Å². The van der Waals surface area contributed by atoms with Crippen molar-refractivity contribution in [1.82, 2.24) is 4.98 Å². The standard InChI is InChI=1S/C7H7ClN2O2/c1-4(11)12-5-2-3-6(8)10-7(5)9/h2-3H,1H3,(H2,9,10). The minimum absolute atomic E-state index is 0.109. The molecule has 64 valence electrons. The van der Waals surface area contributed by atoms with E-state index < -0.39 is 5.97 Å². The smallest absolute Gasteiger partial charge is 0.308 e. The zero-order chi connectivity index (χ0) is 9.14. The van der Waals surface area contributed by atoms with Crippen LogP contribution in [0.15, 0.2) is 12.1 Å². The van der Waals surface area contributed by atoms with E-state index in [-0.39, 0.29) is 16.7 Å². The Bertz CT molecular complexity index is 314. The molecule has 0 radical (unpaired) electrons. The lowest BCUT2D eigenvalue weighted by atomic mass is 10.4. The Labute approximate surface area is 74.3 Å². The van der Waals surface area contributed by atoms with Gasteiger partial charge in [0.15, 0.2) is 11.6 Å². The number of pyridine rings is 1. The lowest BCUT2D eigenvalue weighted by Gasteiger charge is -2.02. The summed E-state index contributed by atoms with van der Waals surface area (Å²) in [5.41, 5.74) is 5.40. The summed E-state index contributed by atoms with van der Waals surface area (Å²) >= 11 is 5.52. The van der Waals surface area contributed by atoms with E-state index >= 15 is 0 Å². The molecule has 0 aliphatic carbocycles. The third kappa shape index (κ3) is 2.10. The molecule has 1 aromatic heterocycles. The molecular weight excluding hydrogens is 180 g/mol. The Balaban J connectivity index is 2.93. The van der Waals surface area contributed by atoms with Crippen LogP contribution in [-0.4, -0.2) is 11.0 Å². The highest BCUT2D eigenvalue weighted by Crippen LogP contribution is 2.20. The van der Waals surface area contributed by atoms with Crippen molar-refractivity contribution in [3.8, 4) is 5.75 Å². The summed E-state index contributed by atoms with van der Waals surface area (Å²) in [6.07, 6.45) is 0. The second-order valence-corrected chi connectivity index (χ2v) is 2.50. The molecule has 1 aromatic rings. The number of hydrogen-bond donors (Lipinski definition) is 1. The number of carbonyl (C=O) groups is 1. The van der Waals surface area contributed by atoms with Crippen LogP contribution in [0.3, 0.4) is 0 Å². The van der Waals surface area contributed by atoms with E-state index in [4.69, 9.17) is 22.1 Å². The van der Waals surface area contributed by atoms with E-state index in [1.54, 1.807) is 0 Å². The number of anilines is 1. The van der Waals surface area contributed by atoms with Crippen LogP contribution in [0.1, 0.15) is 6.92 Å². The predicted molar refractivity (Wildman–Crippen MR) is 45.0 cm³/mol. The van der Waals surface area contributed by atoms with E-state index in [1.807, 2.05) is 0 Å². The number of halogens is 1. The van der Waals surface area contributed by atoms with E-state index in [2.05, 4.69) is 4.98 Å². The molecule has 0 bridgehead atoms. The normalized spacial score (nSPS) is 9.50. The summed E-state index contributed by atoms with van der Waals surface area (Å²) in [7, 11) is 0. The Morgan fingerprint density at radius 2 is 2.33 bits per heavy atom. The number of esters is 1. The number of nitrogen functional groups attached to an aromatic ring is 1. The molecule has 4 nitrogen and oxygen atoms in total. The quantitative estimate of drug-likeness (QED) is 0.530. The highest BCUT2D eigenvalue weighted by atomic mass is 35.5. The Hall–Kier alpha value is -1.29. The first-order valence-corrected chi connectivity index (χ1v) is 3.58. The summed E-state index contributed by atoms with van der Waals surface area (Å²) in [5, 5.41) is 0.267. The maximum atomic E-state index is 10.5. The molecule has 0 aliphatic rings. The van der Waals surface area contributed by atoms with Gasteiger partial charge in [0.1, 0.15) is 5.15 Å². The number of nitrogens with two attached hydrogens (primary N) is 1. The van der Waals surface area contributed by atoms with Gasteiger partial charge in [0.25, 0.3) is 0 Å². The molecule has 1 heterocycles. The molecule has 2 N–H and O–H groups in total. The number of ether oxygens (including phenoxy) is 1. The minimum Gasteiger partial charge on any atom is -0.423 e. The highest BCUT2D eigenvalue weighted by molar-refractivity contribution is 6.29. The molecule has 0 aromatic carbocycles. The largest absolute Gasteiger partial charge is 0.423 e. The topological polar surface area (TPSA) is 65.2 Å². The number of rotatable bonds is 1. The molecular formula is C7H7ClN2O2. The van der Waals surface area contributed by atoms with Crippen LogP contribution < -0.4 is 10.5 Å². The second-order valence-electron chi connectivity index (χ2n) is 2.11. The molecule has 0 aliphatic heterocycles. The van der Waals surface area contributed by atoms with Crippen LogP contribution in [-0.2, 0) is 4.79 Å². The molecule has 5 heteroatoms. The lowest BCUT2D eigenvalue weighted by molar-refractivity contribution is -0.131. The van der Waals surface area contributed by atoms with Crippen LogP contribution in [0.2, 0.25) is 5.15 Å². The van der Waals surface area contributed by atoms with Crippen LogP contribution in [0.25, 0.3) is 0 Å². The molecule has 0 saturated carbocycles. The average Bonchev–Trinajstić information content (AvgIpc) is 1.94. The van der Waals surface area contributed by atoms with Gasteiger partial charge in [0.05, 0.1) is 0 Å². The summed E-state index contributed by atoms with van der Waals surface area (Å²) in [6.45, 7) is 1.29. The molecule has 0 saturated heterocycles. The van der Waals surface area contributed by atoms with E-state index in [9.17, 15) is 4.79 Å². The van der Waals surface area contributed by atoms with Crippen molar-refractivity contribution in [2.24, 2.45) is 0 Å². The van der Waals surface area contributed by atoms with Crippen molar-refractivity contribution in [2.75, 3.05) is 5.73 Å². The molecule has 0 unspecified atom stereocenters. The first-order chi connectivity index (χ1) is 5.59. The third-order valence-electron chi connectivity index (χ3n) is 1.11. The first-order valence-electron chi connectivity index (χ1n) is 3.20. The van der Waals surface area contributed by atoms with Crippen LogP contribution in [0, 0.1) is 0 Å². The maximum Gasteiger partial charge on any atom is 0.308 e. The zero-order valence-corrected chi connectivity index (χ0v) is 7.13. The molecule has 12 heavy (non-hydrogen) atoms. The SMILES string of the molecule is CC(=O)Oc1ccc(Cl)nc1N. The van der Waals surface area contributed by atoms with Gasteiger partial charge in [-0.25, -0.2) is 4.98 Å². The van der Waals surface area contributed by atoms with Crippen LogP contribution in [0.4, 0.5) is 5.82 Å². The number of aromatic nitrogens is 1. The van der Waals surface area contributed by atoms with Crippen LogP contribution >= 0.6 is 11.6 Å². The average molecular weight is 187 g/mol. The highest BCUT2D eigenvalue weighted by Gasteiger charge is 2.04. The number of nitrogens with zero attached hydrogens (tertiary/aromatic N) is 1. The van der Waals surface area contributed by atoms with Crippen molar-refractivity contribution in [2.45, 2.75) is 6.92 Å². The molecule has 0 atom stereocenters. The summed E-state index contributed by atoms with van der Waals surface area (Å²) in [6, 6.07) is 2.99. The van der Waals surface area contributed by atoms with E-state index in [1.165, 1.54) is 19.1 Å². The number of carbonyl (C=O) groups excluding carboxylic acids is 1. The Morgan fingerprint density at radius 3 is 2.83 bits per heavy atom. The zero-order valence-electron chi connectivity index (χ0n) is 6.37. The predicted octanol–water partition coefficient (Wildman–Crippen LogP) is 1.24. The summed E-state index contributed by atoms with van der Waals surface area (Å²) in [5.74, 6) is -0.101. The molecule has 1 rings (SSSR count). The fraction of sp³-hybridized carbons (Fsp3) is 0.143. The van der Waals surface area contributed by atoms with Crippen molar-refractivity contribution < 1.29 is 9.53 Å². The lowest BCUT2D eigenvalue weighted by Crippen LogP contribution is -2.04. The summed E-state index contributed by atoms with van der Waals surface area (Å²) < 4.78 is 4.71. The van der Waals surface area contributed by atoms with Gasteiger partial charge < -0.3 is 10.5 Å². The number of hydrogen-bond acceptors (Lipinski definition) is 4. The fourth-order valence-electron chi connectivity index (χ4n) is 0.678. The molecule has 0 amide bonds. The van der Waals surface area contributed by atoms with Crippen molar-refractivity contribution in [3.63, 3.8) is 0 Å². The van der Waals surface area contributed by atoms with Gasteiger partial charge in [-0.2, -0.15) is 0 Å². The first kappa shape index (κ1) is 8.80. The second kappa shape index (κ2) is 3.40. The van der Waals surface area contributed by atoms with Crippen LogP contribution in [0.5, 0.6) is 5.75 Å². The minimum atomic E-state index is -0.439.